The van der Waals surface area contributed by atoms with Gasteiger partial charge in [-0.15, -0.1) is 0 Å². The van der Waals surface area contributed by atoms with E-state index < -0.39 is 0 Å². The summed E-state index contributed by atoms with van der Waals surface area (Å²) in [5.74, 6) is 1.53. The molecule has 0 aliphatic carbocycles. The molecule has 0 saturated carbocycles. The summed E-state index contributed by atoms with van der Waals surface area (Å²) in [7, 11) is 0. The van der Waals surface area contributed by atoms with Crippen LogP contribution in [0.3, 0.4) is 0 Å². The maximum absolute atomic E-state index is 5.87. The molecule has 8 heteroatoms. The summed E-state index contributed by atoms with van der Waals surface area (Å²) in [5.41, 5.74) is 1.05. The number of aromatic nitrogens is 4. The summed E-state index contributed by atoms with van der Waals surface area (Å²) < 4.78 is 9.59. The van der Waals surface area contributed by atoms with E-state index in [2.05, 4.69) is 66.5 Å². The first-order valence-corrected chi connectivity index (χ1v) is 9.35. The number of tetrazole rings is 1. The van der Waals surface area contributed by atoms with E-state index in [1.807, 2.05) is 12.1 Å². The maximum atomic E-state index is 5.87. The number of ether oxygens (including phenoxy) is 1. The normalized spacial score (nSPS) is 10.8. The fraction of sp³-hybridized carbons (Fsp3) is 0.533. The third-order valence-electron chi connectivity index (χ3n) is 3.23. The largest absolute Gasteiger partial charge is 0.492 e. The van der Waals surface area contributed by atoms with Gasteiger partial charge in [0, 0.05) is 23.1 Å². The van der Waals surface area contributed by atoms with Crippen molar-refractivity contribution in [1.82, 2.24) is 20.2 Å². The molecule has 6 nitrogen and oxygen atoms in total. The third kappa shape index (κ3) is 5.17. The van der Waals surface area contributed by atoms with Gasteiger partial charge >= 0.3 is 0 Å². The molecular weight excluding hydrogens is 426 g/mol. The quantitative estimate of drug-likeness (QED) is 0.618. The molecule has 0 unspecified atom stereocenters. The summed E-state index contributed by atoms with van der Waals surface area (Å²) in [6.45, 7) is 6.32. The van der Waals surface area contributed by atoms with Gasteiger partial charge in [-0.05, 0) is 51.3 Å². The molecule has 0 radical (unpaired) electrons. The number of hydrogen-bond donors (Lipinski definition) is 1. The first-order chi connectivity index (χ1) is 11.2. The third-order valence-corrected chi connectivity index (χ3v) is 4.28. The van der Waals surface area contributed by atoms with Crippen LogP contribution in [0.2, 0.25) is 0 Å². The van der Waals surface area contributed by atoms with Crippen LogP contribution in [0.5, 0.6) is 5.75 Å². The zero-order valence-corrected chi connectivity index (χ0v) is 16.5. The number of nitrogens with zero attached hydrogens (tertiary/aromatic N) is 4. The van der Waals surface area contributed by atoms with E-state index in [0.717, 1.165) is 46.1 Å². The lowest BCUT2D eigenvalue weighted by Crippen LogP contribution is -2.10. The molecule has 1 N–H and O–H groups in total. The van der Waals surface area contributed by atoms with Gasteiger partial charge in [-0.2, -0.15) is 0 Å². The summed E-state index contributed by atoms with van der Waals surface area (Å²) in [6, 6.07) is 4.03. The number of rotatable bonds is 9. The van der Waals surface area contributed by atoms with Crippen molar-refractivity contribution in [3.8, 4) is 5.75 Å². The molecule has 0 spiro atoms. The van der Waals surface area contributed by atoms with Crippen LogP contribution in [-0.4, -0.2) is 26.8 Å². The van der Waals surface area contributed by atoms with Gasteiger partial charge in [-0.1, -0.05) is 41.3 Å². The van der Waals surface area contributed by atoms with E-state index in [-0.39, 0.29) is 0 Å². The average molecular weight is 447 g/mol. The highest BCUT2D eigenvalue weighted by atomic mass is 79.9. The lowest BCUT2D eigenvalue weighted by Gasteiger charge is -2.14. The van der Waals surface area contributed by atoms with Gasteiger partial charge in [0.1, 0.15) is 5.75 Å². The smallest absolute Gasteiger partial charge is 0.243 e. The minimum absolute atomic E-state index is 0.587. The van der Waals surface area contributed by atoms with Gasteiger partial charge in [0.25, 0.3) is 0 Å². The van der Waals surface area contributed by atoms with Gasteiger partial charge in [-0.3, -0.25) is 0 Å². The minimum Gasteiger partial charge on any atom is -0.492 e. The fourth-order valence-electron chi connectivity index (χ4n) is 2.07. The zero-order chi connectivity index (χ0) is 16.7. The molecular formula is C15H21Br2N5O. The molecule has 0 bridgehead atoms. The maximum Gasteiger partial charge on any atom is 0.243 e. The molecule has 2 aromatic rings. The van der Waals surface area contributed by atoms with Gasteiger partial charge in [-0.25, -0.2) is 4.68 Å². The van der Waals surface area contributed by atoms with Crippen molar-refractivity contribution >= 4 is 37.8 Å². The van der Waals surface area contributed by atoms with Crippen molar-refractivity contribution in [2.75, 3.05) is 11.9 Å². The number of nitrogens with one attached hydrogen (secondary N) is 1. The average Bonchev–Trinajstić information content (AvgIpc) is 2.97. The predicted molar refractivity (Wildman–Crippen MR) is 97.7 cm³/mol. The van der Waals surface area contributed by atoms with Gasteiger partial charge < -0.3 is 10.1 Å². The molecule has 1 aromatic carbocycles. The fourth-order valence-corrected chi connectivity index (χ4v) is 3.50. The van der Waals surface area contributed by atoms with Gasteiger partial charge in [0.2, 0.25) is 5.95 Å². The second-order valence-electron chi connectivity index (χ2n) is 5.16. The second kappa shape index (κ2) is 9.22. The highest BCUT2D eigenvalue weighted by molar-refractivity contribution is 9.11. The lowest BCUT2D eigenvalue weighted by atomic mass is 10.2. The van der Waals surface area contributed by atoms with E-state index in [4.69, 9.17) is 4.74 Å². The van der Waals surface area contributed by atoms with Crippen LogP contribution in [-0.2, 0) is 13.1 Å². The molecule has 126 valence electrons. The number of unbranched alkanes of at least 4 members (excludes halogenated alkanes) is 1. The first-order valence-electron chi connectivity index (χ1n) is 7.76. The number of aryl methyl sites for hydroxylation is 1. The Balaban J connectivity index is 2.12. The Hall–Kier alpha value is -1.15. The van der Waals surface area contributed by atoms with E-state index >= 15 is 0 Å². The predicted octanol–water partition coefficient (Wildman–Crippen LogP) is 4.40. The highest BCUT2D eigenvalue weighted by Gasteiger charge is 2.12. The van der Waals surface area contributed by atoms with E-state index in [0.29, 0.717) is 19.1 Å². The molecule has 23 heavy (non-hydrogen) atoms. The SMILES string of the molecule is CCCCn1nnnc1NCc1cc(Br)cc(Br)c1OCCC. The van der Waals surface area contributed by atoms with Crippen LogP contribution in [0.1, 0.15) is 38.7 Å². The van der Waals surface area contributed by atoms with E-state index in [1.165, 1.54) is 0 Å². The van der Waals surface area contributed by atoms with Crippen molar-refractivity contribution in [3.05, 3.63) is 26.6 Å². The summed E-state index contributed by atoms with van der Waals surface area (Å²) in [5, 5.41) is 15.1. The number of halogens is 2. The Morgan fingerprint density at radius 1 is 1.22 bits per heavy atom. The number of benzene rings is 1. The van der Waals surface area contributed by atoms with Crippen LogP contribution >= 0.6 is 31.9 Å². The molecule has 1 aromatic heterocycles. The summed E-state index contributed by atoms with van der Waals surface area (Å²) in [6.07, 6.45) is 3.12. The molecule has 1 heterocycles. The van der Waals surface area contributed by atoms with E-state index in [9.17, 15) is 0 Å². The van der Waals surface area contributed by atoms with Crippen molar-refractivity contribution in [3.63, 3.8) is 0 Å². The van der Waals surface area contributed by atoms with Crippen molar-refractivity contribution in [2.45, 2.75) is 46.2 Å². The second-order valence-corrected chi connectivity index (χ2v) is 6.93. The van der Waals surface area contributed by atoms with Gasteiger partial charge in [0.05, 0.1) is 11.1 Å². The minimum atomic E-state index is 0.587. The van der Waals surface area contributed by atoms with Crippen LogP contribution in [0.4, 0.5) is 5.95 Å². The van der Waals surface area contributed by atoms with Crippen LogP contribution in [0.25, 0.3) is 0 Å². The van der Waals surface area contributed by atoms with Crippen LogP contribution < -0.4 is 10.1 Å². The number of anilines is 1. The highest BCUT2D eigenvalue weighted by Crippen LogP contribution is 2.33. The molecule has 0 atom stereocenters. The zero-order valence-electron chi connectivity index (χ0n) is 13.4. The van der Waals surface area contributed by atoms with E-state index in [1.54, 1.807) is 4.68 Å². The molecule has 0 fully saturated rings. The Bertz CT molecular complexity index is 632. The monoisotopic (exact) mass is 445 g/mol. The lowest BCUT2D eigenvalue weighted by molar-refractivity contribution is 0.312. The topological polar surface area (TPSA) is 64.9 Å². The molecule has 2 rings (SSSR count). The van der Waals surface area contributed by atoms with Gasteiger partial charge in [0.15, 0.2) is 0 Å². The summed E-state index contributed by atoms with van der Waals surface area (Å²) >= 11 is 7.09. The number of hydrogen-bond acceptors (Lipinski definition) is 5. The Morgan fingerprint density at radius 2 is 2.04 bits per heavy atom. The Kier molecular flexibility index (Phi) is 7.29. The van der Waals surface area contributed by atoms with Crippen molar-refractivity contribution in [2.24, 2.45) is 0 Å². The summed E-state index contributed by atoms with van der Waals surface area (Å²) in [4.78, 5) is 0. The molecule has 0 aliphatic rings. The first kappa shape index (κ1) is 18.2. The molecule has 0 aliphatic heterocycles. The molecule has 0 saturated heterocycles. The standard InChI is InChI=1S/C15H21Br2N5O/c1-3-5-6-22-15(19-20-21-22)18-10-11-8-12(16)9-13(17)14(11)23-7-4-2/h8-9H,3-7,10H2,1-2H3,(H,18,19,21). The molecule has 0 amide bonds. The van der Waals surface area contributed by atoms with Crippen molar-refractivity contribution in [1.29, 1.82) is 0 Å². The van der Waals surface area contributed by atoms with Crippen LogP contribution in [0.15, 0.2) is 21.1 Å². The Morgan fingerprint density at radius 3 is 2.78 bits per heavy atom. The Labute approximate surface area is 153 Å². The van der Waals surface area contributed by atoms with Crippen LogP contribution in [0, 0.1) is 0 Å². The van der Waals surface area contributed by atoms with Crippen molar-refractivity contribution < 1.29 is 4.74 Å².